The van der Waals surface area contributed by atoms with Crippen LogP contribution in [0.5, 0.6) is 0 Å². The maximum atomic E-state index is 13.0. The molecule has 3 aliphatic rings. The Hall–Kier alpha value is -2.11. The van der Waals surface area contributed by atoms with E-state index >= 15 is 0 Å². The maximum absolute atomic E-state index is 13.0. The van der Waals surface area contributed by atoms with E-state index in [0.29, 0.717) is 13.2 Å². The molecule has 1 amide bonds. The first kappa shape index (κ1) is 18.3. The van der Waals surface area contributed by atoms with Gasteiger partial charge in [-0.3, -0.25) is 4.79 Å². The summed E-state index contributed by atoms with van der Waals surface area (Å²) in [4.78, 5) is 26.5. The molecule has 0 spiro atoms. The Morgan fingerprint density at radius 2 is 1.89 bits per heavy atom. The molecule has 1 saturated heterocycles. The van der Waals surface area contributed by atoms with Crippen molar-refractivity contribution in [2.24, 2.45) is 10.8 Å². The van der Waals surface area contributed by atoms with Gasteiger partial charge in [-0.25, -0.2) is 9.78 Å². The van der Waals surface area contributed by atoms with E-state index in [4.69, 9.17) is 14.5 Å². The Balaban J connectivity index is 1.74. The minimum Gasteiger partial charge on any atom is -0.494 e. The second-order valence-electron chi connectivity index (χ2n) is 9.22. The normalized spacial score (nSPS) is 29.4. The number of hydrogen-bond donors (Lipinski definition) is 0. The fourth-order valence-corrected chi connectivity index (χ4v) is 4.61. The second-order valence-corrected chi connectivity index (χ2v) is 9.22. The first-order valence-corrected chi connectivity index (χ1v) is 9.42. The zero-order chi connectivity index (χ0) is 19.4. The van der Waals surface area contributed by atoms with E-state index in [9.17, 15) is 4.79 Å². The number of rotatable bonds is 2. The van der Waals surface area contributed by atoms with Crippen molar-refractivity contribution in [1.29, 1.82) is 0 Å². The molecule has 4 rings (SSSR count). The highest BCUT2D eigenvalue weighted by Gasteiger charge is 2.67. The van der Waals surface area contributed by atoms with E-state index in [1.807, 2.05) is 42.6 Å². The quantitative estimate of drug-likeness (QED) is 0.740. The van der Waals surface area contributed by atoms with Crippen molar-refractivity contribution in [3.05, 3.63) is 59.5 Å². The van der Waals surface area contributed by atoms with Crippen LogP contribution in [0.1, 0.15) is 40.2 Å². The summed E-state index contributed by atoms with van der Waals surface area (Å²) in [6, 6.07) is 9.89. The van der Waals surface area contributed by atoms with Crippen LogP contribution in [0.4, 0.5) is 0 Å². The van der Waals surface area contributed by atoms with Crippen molar-refractivity contribution in [2.75, 3.05) is 6.61 Å². The van der Waals surface area contributed by atoms with Crippen LogP contribution >= 0.6 is 0 Å². The van der Waals surface area contributed by atoms with Crippen molar-refractivity contribution in [2.45, 2.75) is 52.9 Å². The molecule has 1 aromatic rings. The second kappa shape index (κ2) is 5.94. The predicted molar refractivity (Wildman–Crippen MR) is 101 cm³/mol. The van der Waals surface area contributed by atoms with Crippen LogP contribution < -0.4 is 0 Å². The Labute approximate surface area is 160 Å². The molecule has 0 bridgehead atoms. The molecule has 0 radical (unpaired) electrons. The summed E-state index contributed by atoms with van der Waals surface area (Å²) in [5.74, 6) is 0.597. The standard InChI is InChI=1S/C22H27NO4/c1-20(2,3)22-18(25-14-21(22,4)5)16-11-12-23(19(24)17(16)26-27-22)13-15-9-7-6-8-10-15/h6-12,17H,13-14H2,1-5H3. The molecule has 0 N–H and O–H groups in total. The molecular weight excluding hydrogens is 342 g/mol. The molecule has 2 atom stereocenters. The van der Waals surface area contributed by atoms with Gasteiger partial charge in [-0.1, -0.05) is 65.0 Å². The van der Waals surface area contributed by atoms with Gasteiger partial charge in [0.1, 0.15) is 5.76 Å². The lowest BCUT2D eigenvalue weighted by Gasteiger charge is -2.50. The van der Waals surface area contributed by atoms with Crippen LogP contribution in [0.25, 0.3) is 0 Å². The van der Waals surface area contributed by atoms with E-state index in [2.05, 4.69) is 34.6 Å². The Morgan fingerprint density at radius 1 is 1.19 bits per heavy atom. The molecule has 0 saturated carbocycles. The molecule has 1 aromatic carbocycles. The summed E-state index contributed by atoms with van der Waals surface area (Å²) in [6.45, 7) is 11.6. The highest BCUT2D eigenvalue weighted by molar-refractivity contribution is 5.87. The number of nitrogens with zero attached hydrogens (tertiary/aromatic N) is 1. The first-order valence-electron chi connectivity index (χ1n) is 9.42. The monoisotopic (exact) mass is 369 g/mol. The van der Waals surface area contributed by atoms with E-state index in [1.165, 1.54) is 0 Å². The number of hydrogen-bond acceptors (Lipinski definition) is 4. The SMILES string of the molecule is CC(C)(C)C12OOC3C(=O)N(Cc4ccccc4)C=CC3=C1OCC2(C)C. The van der Waals surface area contributed by atoms with Crippen molar-refractivity contribution in [1.82, 2.24) is 4.90 Å². The van der Waals surface area contributed by atoms with Crippen molar-refractivity contribution >= 4 is 5.91 Å². The minimum atomic E-state index is -0.793. The molecule has 144 valence electrons. The molecule has 27 heavy (non-hydrogen) atoms. The van der Waals surface area contributed by atoms with Crippen molar-refractivity contribution < 1.29 is 19.3 Å². The van der Waals surface area contributed by atoms with Crippen LogP contribution in [0.15, 0.2) is 53.9 Å². The molecule has 0 aromatic heterocycles. The lowest BCUT2D eigenvalue weighted by molar-refractivity contribution is -0.408. The number of ether oxygens (including phenoxy) is 1. The van der Waals surface area contributed by atoms with Crippen LogP contribution in [-0.2, 0) is 25.9 Å². The molecule has 3 aliphatic heterocycles. The summed E-state index contributed by atoms with van der Waals surface area (Å²) < 4.78 is 6.13. The van der Waals surface area contributed by atoms with Crippen LogP contribution in [0.3, 0.4) is 0 Å². The van der Waals surface area contributed by atoms with Gasteiger partial charge in [0.25, 0.3) is 5.91 Å². The van der Waals surface area contributed by atoms with Crippen molar-refractivity contribution in [3.8, 4) is 0 Å². The first-order chi connectivity index (χ1) is 12.7. The third-order valence-corrected chi connectivity index (χ3v) is 5.86. The average molecular weight is 369 g/mol. The van der Waals surface area contributed by atoms with Crippen LogP contribution in [0.2, 0.25) is 0 Å². The Kier molecular flexibility index (Phi) is 4.02. The van der Waals surface area contributed by atoms with Gasteiger partial charge < -0.3 is 9.64 Å². The van der Waals surface area contributed by atoms with Gasteiger partial charge in [0.2, 0.25) is 0 Å². The van der Waals surface area contributed by atoms with E-state index in [-0.39, 0.29) is 16.7 Å². The van der Waals surface area contributed by atoms with Gasteiger partial charge in [0.15, 0.2) is 11.7 Å². The molecule has 0 aliphatic carbocycles. The lowest BCUT2D eigenvalue weighted by Crippen LogP contribution is -2.59. The van der Waals surface area contributed by atoms with Crippen LogP contribution in [-0.4, -0.2) is 29.1 Å². The summed E-state index contributed by atoms with van der Waals surface area (Å²) in [5.41, 5.74) is 0.550. The smallest absolute Gasteiger partial charge is 0.264 e. The largest absolute Gasteiger partial charge is 0.494 e. The Bertz CT molecular complexity index is 818. The van der Waals surface area contributed by atoms with Crippen LogP contribution in [0, 0.1) is 10.8 Å². The third-order valence-electron chi connectivity index (χ3n) is 5.86. The van der Waals surface area contributed by atoms with Gasteiger partial charge in [-0.05, 0) is 11.6 Å². The fourth-order valence-electron chi connectivity index (χ4n) is 4.61. The number of amides is 1. The number of carbonyl (C=O) groups is 1. The van der Waals surface area contributed by atoms with E-state index in [1.54, 1.807) is 4.90 Å². The van der Waals surface area contributed by atoms with Gasteiger partial charge in [-0.15, -0.1) is 0 Å². The zero-order valence-electron chi connectivity index (χ0n) is 16.6. The molecule has 5 heteroatoms. The highest BCUT2D eigenvalue weighted by Crippen LogP contribution is 2.59. The summed E-state index contributed by atoms with van der Waals surface area (Å²) in [5, 5.41) is 0. The molecule has 3 heterocycles. The lowest BCUT2D eigenvalue weighted by atomic mass is 9.61. The van der Waals surface area contributed by atoms with Gasteiger partial charge >= 0.3 is 0 Å². The highest BCUT2D eigenvalue weighted by atomic mass is 17.2. The topological polar surface area (TPSA) is 48.0 Å². The summed E-state index contributed by atoms with van der Waals surface area (Å²) in [6.07, 6.45) is 2.97. The van der Waals surface area contributed by atoms with Gasteiger partial charge in [0.05, 0.1) is 13.2 Å². The Morgan fingerprint density at radius 3 is 2.56 bits per heavy atom. The third kappa shape index (κ3) is 2.56. The number of carbonyl (C=O) groups excluding carboxylic acids is 1. The zero-order valence-corrected chi connectivity index (χ0v) is 16.6. The van der Waals surface area contributed by atoms with Crippen molar-refractivity contribution in [3.63, 3.8) is 0 Å². The molecular formula is C22H27NO4. The van der Waals surface area contributed by atoms with E-state index in [0.717, 1.165) is 16.9 Å². The molecule has 5 nitrogen and oxygen atoms in total. The minimum absolute atomic E-state index is 0.139. The maximum Gasteiger partial charge on any atom is 0.264 e. The fraction of sp³-hybridized carbons (Fsp3) is 0.500. The predicted octanol–water partition coefficient (Wildman–Crippen LogP) is 3.97. The number of benzene rings is 1. The summed E-state index contributed by atoms with van der Waals surface area (Å²) in [7, 11) is 0. The average Bonchev–Trinajstić information content (AvgIpc) is 2.90. The summed E-state index contributed by atoms with van der Waals surface area (Å²) >= 11 is 0. The van der Waals surface area contributed by atoms with Gasteiger partial charge in [0, 0.05) is 22.6 Å². The molecule has 1 fully saturated rings. The molecule has 2 unspecified atom stereocenters. The van der Waals surface area contributed by atoms with E-state index < -0.39 is 11.7 Å². The van der Waals surface area contributed by atoms with Gasteiger partial charge in [-0.2, -0.15) is 0 Å². The number of fused-ring (bicyclic) bond motifs is 2.